The zero-order chi connectivity index (χ0) is 11.3. The molecule has 1 heterocycles. The molecule has 0 aliphatic rings. The van der Waals surface area contributed by atoms with Crippen LogP contribution in [-0.2, 0) is 6.54 Å². The molecular formula is C11H21N3S. The standard InChI is InChI=1S/C11H21N3S/c1-5-14-7-11(6-12-14)10(3)13-9(2)8-15-4/h6-7,9-10,13H,5,8H2,1-4H3. The van der Waals surface area contributed by atoms with E-state index in [1.54, 1.807) is 0 Å². The summed E-state index contributed by atoms with van der Waals surface area (Å²) in [4.78, 5) is 0. The van der Waals surface area contributed by atoms with Crippen LogP contribution in [0.3, 0.4) is 0 Å². The zero-order valence-corrected chi connectivity index (χ0v) is 10.8. The van der Waals surface area contributed by atoms with Gasteiger partial charge in [-0.3, -0.25) is 4.68 Å². The highest BCUT2D eigenvalue weighted by Gasteiger charge is 2.10. The van der Waals surface area contributed by atoms with Gasteiger partial charge < -0.3 is 5.32 Å². The van der Waals surface area contributed by atoms with Gasteiger partial charge in [-0.2, -0.15) is 16.9 Å². The predicted octanol–water partition coefficient (Wildman–Crippen LogP) is 2.31. The highest BCUT2D eigenvalue weighted by molar-refractivity contribution is 7.98. The summed E-state index contributed by atoms with van der Waals surface area (Å²) in [5.74, 6) is 1.15. The Labute approximate surface area is 96.6 Å². The summed E-state index contributed by atoms with van der Waals surface area (Å²) in [5.41, 5.74) is 1.27. The van der Waals surface area contributed by atoms with E-state index in [1.807, 2.05) is 22.6 Å². The number of aromatic nitrogens is 2. The van der Waals surface area contributed by atoms with Crippen molar-refractivity contribution in [1.29, 1.82) is 0 Å². The summed E-state index contributed by atoms with van der Waals surface area (Å²) in [6.07, 6.45) is 6.20. The molecule has 2 unspecified atom stereocenters. The van der Waals surface area contributed by atoms with Crippen LogP contribution in [0.15, 0.2) is 12.4 Å². The molecule has 0 amide bonds. The minimum Gasteiger partial charge on any atom is -0.307 e. The van der Waals surface area contributed by atoms with E-state index in [2.05, 4.69) is 43.6 Å². The summed E-state index contributed by atoms with van der Waals surface area (Å²) < 4.78 is 1.97. The maximum absolute atomic E-state index is 4.28. The second kappa shape index (κ2) is 6.18. The van der Waals surface area contributed by atoms with Crippen molar-refractivity contribution in [2.75, 3.05) is 12.0 Å². The molecule has 86 valence electrons. The molecule has 1 aromatic heterocycles. The number of hydrogen-bond donors (Lipinski definition) is 1. The normalized spacial score (nSPS) is 15.2. The molecule has 0 spiro atoms. The van der Waals surface area contributed by atoms with Gasteiger partial charge >= 0.3 is 0 Å². The van der Waals surface area contributed by atoms with Gasteiger partial charge in [0.05, 0.1) is 6.20 Å². The Balaban J connectivity index is 2.49. The SMILES string of the molecule is CCn1cc(C(C)NC(C)CSC)cn1. The molecule has 4 heteroatoms. The molecule has 0 saturated heterocycles. The van der Waals surface area contributed by atoms with Crippen LogP contribution in [0.5, 0.6) is 0 Å². The Morgan fingerprint density at radius 2 is 2.27 bits per heavy atom. The molecule has 0 aliphatic heterocycles. The Morgan fingerprint density at radius 3 is 2.80 bits per heavy atom. The first-order valence-electron chi connectivity index (χ1n) is 5.44. The quantitative estimate of drug-likeness (QED) is 0.809. The molecule has 2 atom stereocenters. The van der Waals surface area contributed by atoms with E-state index >= 15 is 0 Å². The monoisotopic (exact) mass is 227 g/mol. The van der Waals surface area contributed by atoms with Crippen LogP contribution >= 0.6 is 11.8 Å². The van der Waals surface area contributed by atoms with Gasteiger partial charge in [-0.1, -0.05) is 0 Å². The molecule has 0 aliphatic carbocycles. The molecule has 0 bridgehead atoms. The molecule has 1 aromatic rings. The van der Waals surface area contributed by atoms with E-state index in [4.69, 9.17) is 0 Å². The van der Waals surface area contributed by atoms with Gasteiger partial charge in [0.1, 0.15) is 0 Å². The first kappa shape index (κ1) is 12.6. The second-order valence-corrected chi connectivity index (χ2v) is 4.78. The van der Waals surface area contributed by atoms with E-state index in [1.165, 1.54) is 5.56 Å². The van der Waals surface area contributed by atoms with Crippen molar-refractivity contribution in [2.45, 2.75) is 39.4 Å². The molecular weight excluding hydrogens is 206 g/mol. The summed E-state index contributed by atoms with van der Waals surface area (Å²) >= 11 is 1.87. The zero-order valence-electron chi connectivity index (χ0n) is 10.0. The second-order valence-electron chi connectivity index (χ2n) is 3.87. The Morgan fingerprint density at radius 1 is 1.53 bits per heavy atom. The molecule has 1 N–H and O–H groups in total. The molecule has 15 heavy (non-hydrogen) atoms. The van der Waals surface area contributed by atoms with Gasteiger partial charge in [0, 0.05) is 36.1 Å². The lowest BCUT2D eigenvalue weighted by atomic mass is 10.2. The maximum Gasteiger partial charge on any atom is 0.0537 e. The van der Waals surface area contributed by atoms with Crippen LogP contribution in [0.4, 0.5) is 0 Å². The van der Waals surface area contributed by atoms with E-state index < -0.39 is 0 Å². The van der Waals surface area contributed by atoms with Crippen LogP contribution in [0.25, 0.3) is 0 Å². The Hall–Kier alpha value is -0.480. The third-order valence-corrected chi connectivity index (χ3v) is 3.26. The van der Waals surface area contributed by atoms with Gasteiger partial charge in [0.15, 0.2) is 0 Å². The van der Waals surface area contributed by atoms with Crippen LogP contribution < -0.4 is 5.32 Å². The van der Waals surface area contributed by atoms with Crippen LogP contribution in [-0.4, -0.2) is 27.8 Å². The third-order valence-electron chi connectivity index (χ3n) is 2.43. The van der Waals surface area contributed by atoms with E-state index in [9.17, 15) is 0 Å². The first-order chi connectivity index (χ1) is 7.17. The average molecular weight is 227 g/mol. The number of thioether (sulfide) groups is 1. The molecule has 0 saturated carbocycles. The lowest BCUT2D eigenvalue weighted by Crippen LogP contribution is -2.30. The fourth-order valence-electron chi connectivity index (χ4n) is 1.60. The van der Waals surface area contributed by atoms with Crippen molar-refractivity contribution in [3.05, 3.63) is 18.0 Å². The fraction of sp³-hybridized carbons (Fsp3) is 0.727. The molecule has 0 fully saturated rings. The third kappa shape index (κ3) is 3.87. The van der Waals surface area contributed by atoms with Crippen molar-refractivity contribution in [3.8, 4) is 0 Å². The highest BCUT2D eigenvalue weighted by atomic mass is 32.2. The summed E-state index contributed by atoms with van der Waals surface area (Å²) in [5, 5.41) is 7.84. The molecule has 1 rings (SSSR count). The van der Waals surface area contributed by atoms with Crippen molar-refractivity contribution in [2.24, 2.45) is 0 Å². The Bertz CT molecular complexity index is 285. The molecule has 3 nitrogen and oxygen atoms in total. The van der Waals surface area contributed by atoms with Crippen molar-refractivity contribution < 1.29 is 0 Å². The summed E-state index contributed by atoms with van der Waals surface area (Å²) in [6.45, 7) is 7.45. The lowest BCUT2D eigenvalue weighted by Gasteiger charge is -2.18. The van der Waals surface area contributed by atoms with Gasteiger partial charge in [-0.15, -0.1) is 0 Å². The minimum atomic E-state index is 0.382. The average Bonchev–Trinajstić information content (AvgIpc) is 2.66. The number of aryl methyl sites for hydroxylation is 1. The van der Waals surface area contributed by atoms with Gasteiger partial charge in [0.25, 0.3) is 0 Å². The maximum atomic E-state index is 4.28. The fourth-order valence-corrected chi connectivity index (χ4v) is 2.19. The summed E-state index contributed by atoms with van der Waals surface area (Å²) in [6, 6.07) is 0.924. The Kier molecular flexibility index (Phi) is 5.19. The highest BCUT2D eigenvalue weighted by Crippen LogP contribution is 2.12. The van der Waals surface area contributed by atoms with E-state index in [-0.39, 0.29) is 0 Å². The molecule has 0 radical (unpaired) electrons. The minimum absolute atomic E-state index is 0.382. The predicted molar refractivity (Wildman–Crippen MR) is 67.3 cm³/mol. The van der Waals surface area contributed by atoms with Crippen molar-refractivity contribution in [3.63, 3.8) is 0 Å². The van der Waals surface area contributed by atoms with Crippen LogP contribution in [0.2, 0.25) is 0 Å². The summed E-state index contributed by atoms with van der Waals surface area (Å²) in [7, 11) is 0. The van der Waals surface area contributed by atoms with Gasteiger partial charge in [-0.05, 0) is 27.0 Å². The lowest BCUT2D eigenvalue weighted by molar-refractivity contribution is 0.511. The van der Waals surface area contributed by atoms with E-state index in [0.717, 1.165) is 12.3 Å². The largest absolute Gasteiger partial charge is 0.307 e. The van der Waals surface area contributed by atoms with Crippen molar-refractivity contribution >= 4 is 11.8 Å². The van der Waals surface area contributed by atoms with Crippen LogP contribution in [0, 0.1) is 0 Å². The van der Waals surface area contributed by atoms with Crippen molar-refractivity contribution in [1.82, 2.24) is 15.1 Å². The van der Waals surface area contributed by atoms with E-state index in [0.29, 0.717) is 12.1 Å². The van der Waals surface area contributed by atoms with Gasteiger partial charge in [-0.25, -0.2) is 0 Å². The smallest absolute Gasteiger partial charge is 0.0537 e. The molecule has 0 aromatic carbocycles. The number of hydrogen-bond acceptors (Lipinski definition) is 3. The number of rotatable bonds is 6. The van der Waals surface area contributed by atoms with Crippen LogP contribution in [0.1, 0.15) is 32.4 Å². The first-order valence-corrected chi connectivity index (χ1v) is 6.84. The van der Waals surface area contributed by atoms with Gasteiger partial charge in [0.2, 0.25) is 0 Å². The number of nitrogens with one attached hydrogen (secondary N) is 1. The topological polar surface area (TPSA) is 29.9 Å². The number of nitrogens with zero attached hydrogens (tertiary/aromatic N) is 2.